The van der Waals surface area contributed by atoms with Crippen LogP contribution in [0.15, 0.2) is 72.8 Å². The molecule has 0 fully saturated rings. The molecule has 3 aromatic rings. The largest absolute Gasteiger partial charge is 0.416 e. The highest BCUT2D eigenvalue weighted by molar-refractivity contribution is 7.92. The third-order valence-electron chi connectivity index (χ3n) is 6.71. The lowest BCUT2D eigenvalue weighted by molar-refractivity contribution is -0.141. The summed E-state index contributed by atoms with van der Waals surface area (Å²) in [5, 5.41) is 3.46. The van der Waals surface area contributed by atoms with Crippen molar-refractivity contribution < 1.29 is 31.2 Å². The normalized spacial score (nSPS) is 12.6. The number of rotatable bonds is 13. The van der Waals surface area contributed by atoms with Crippen LogP contribution in [-0.2, 0) is 38.8 Å². The maximum Gasteiger partial charge on any atom is 0.416 e. The van der Waals surface area contributed by atoms with Crippen LogP contribution in [0.25, 0.3) is 0 Å². The van der Waals surface area contributed by atoms with E-state index in [0.717, 1.165) is 34.3 Å². The topological polar surface area (TPSA) is 86.8 Å². The molecule has 0 heterocycles. The molecule has 0 aliphatic rings. The molecule has 2 amide bonds. The van der Waals surface area contributed by atoms with Gasteiger partial charge in [0, 0.05) is 47.6 Å². The van der Waals surface area contributed by atoms with Gasteiger partial charge in [-0.05, 0) is 56.2 Å². The van der Waals surface area contributed by atoms with Crippen molar-refractivity contribution in [2.75, 3.05) is 17.1 Å². The van der Waals surface area contributed by atoms with Gasteiger partial charge < -0.3 is 10.2 Å². The summed E-state index contributed by atoms with van der Waals surface area (Å²) in [6.45, 7) is 3.21. The second kappa shape index (κ2) is 15.1. The van der Waals surface area contributed by atoms with Crippen molar-refractivity contribution in [3.63, 3.8) is 0 Å². The third-order valence-corrected chi connectivity index (χ3v) is 8.61. The molecule has 1 atom stereocenters. The van der Waals surface area contributed by atoms with Crippen molar-refractivity contribution >= 4 is 50.7 Å². The molecule has 0 bridgehead atoms. The van der Waals surface area contributed by atoms with Crippen molar-refractivity contribution in [1.29, 1.82) is 0 Å². The smallest absolute Gasteiger partial charge is 0.352 e. The molecule has 0 radical (unpaired) electrons. The third kappa shape index (κ3) is 9.87. The summed E-state index contributed by atoms with van der Waals surface area (Å²) in [5.74, 6) is -0.888. The Kier molecular flexibility index (Phi) is 12.1. The van der Waals surface area contributed by atoms with Crippen LogP contribution in [0.5, 0.6) is 0 Å². The van der Waals surface area contributed by atoms with Gasteiger partial charge in [0.05, 0.1) is 17.5 Å². The van der Waals surface area contributed by atoms with E-state index < -0.39 is 39.6 Å². The molecular weight excluding hydrogens is 638 g/mol. The van der Waals surface area contributed by atoms with E-state index in [4.69, 9.17) is 23.2 Å². The summed E-state index contributed by atoms with van der Waals surface area (Å²) in [5.41, 5.74) is 0.0590. The minimum Gasteiger partial charge on any atom is -0.352 e. The zero-order valence-corrected chi connectivity index (χ0v) is 26.8. The fourth-order valence-corrected chi connectivity index (χ4v) is 6.10. The number of hydrogen-bond acceptors (Lipinski definition) is 4. The van der Waals surface area contributed by atoms with E-state index in [1.54, 1.807) is 32.0 Å². The van der Waals surface area contributed by atoms with Gasteiger partial charge >= 0.3 is 6.18 Å². The second-order valence-electron chi connectivity index (χ2n) is 10.6. The van der Waals surface area contributed by atoms with E-state index in [-0.39, 0.29) is 44.1 Å². The molecule has 1 N–H and O–H groups in total. The monoisotopic (exact) mass is 671 g/mol. The molecule has 0 saturated heterocycles. The molecule has 0 aromatic heterocycles. The second-order valence-corrected chi connectivity index (χ2v) is 13.3. The number of hydrogen-bond donors (Lipinski definition) is 1. The van der Waals surface area contributed by atoms with Gasteiger partial charge in [0.1, 0.15) is 6.04 Å². The molecule has 7 nitrogen and oxygen atoms in total. The van der Waals surface area contributed by atoms with Crippen LogP contribution in [0.4, 0.5) is 18.9 Å². The van der Waals surface area contributed by atoms with Crippen LogP contribution in [0, 0.1) is 0 Å². The summed E-state index contributed by atoms with van der Waals surface area (Å²) in [4.78, 5) is 28.8. The summed E-state index contributed by atoms with van der Waals surface area (Å²) in [7, 11) is -4.00. The maximum atomic E-state index is 13.9. The summed E-state index contributed by atoms with van der Waals surface area (Å²) < 4.78 is 66.0. The predicted molar refractivity (Wildman–Crippen MR) is 167 cm³/mol. The number of amides is 2. The molecular formula is C31H34Cl2F3N3O4S. The average molecular weight is 673 g/mol. The number of alkyl halides is 3. The van der Waals surface area contributed by atoms with Gasteiger partial charge in [0.15, 0.2) is 0 Å². The van der Waals surface area contributed by atoms with Gasteiger partial charge in [-0.15, -0.1) is 0 Å². The standard InChI is InChI=1S/C31H34Cl2F3N3O4S/c1-21(2)37-30(41)28(18-22-10-5-4-6-11-22)38(20-25-26(32)14-8-15-27(25)33)29(40)16-9-17-39(44(3,42)43)24-13-7-12-23(19-24)31(34,35)36/h4-8,10-15,19,21,28H,9,16-18,20H2,1-3H3,(H,37,41)/t28-/m1/s1. The van der Waals surface area contributed by atoms with E-state index in [0.29, 0.717) is 15.6 Å². The van der Waals surface area contributed by atoms with Crippen LogP contribution in [0.2, 0.25) is 10.0 Å². The van der Waals surface area contributed by atoms with Gasteiger partial charge in [-0.1, -0.05) is 65.7 Å². The Morgan fingerprint density at radius 2 is 1.55 bits per heavy atom. The van der Waals surface area contributed by atoms with Crippen LogP contribution in [0.1, 0.15) is 43.4 Å². The summed E-state index contributed by atoms with van der Waals surface area (Å²) in [6, 6.07) is 16.8. The number of nitrogens with zero attached hydrogens (tertiary/aromatic N) is 2. The molecule has 0 aliphatic carbocycles. The Morgan fingerprint density at radius 1 is 0.932 bits per heavy atom. The van der Waals surface area contributed by atoms with Gasteiger partial charge in [0.2, 0.25) is 21.8 Å². The molecule has 0 spiro atoms. The quantitative estimate of drug-likeness (QED) is 0.219. The number of halogens is 5. The Morgan fingerprint density at radius 3 is 2.11 bits per heavy atom. The molecule has 0 saturated carbocycles. The van der Waals surface area contributed by atoms with Crippen LogP contribution < -0.4 is 9.62 Å². The maximum absolute atomic E-state index is 13.9. The SMILES string of the molecule is CC(C)NC(=O)[C@@H](Cc1ccccc1)N(Cc1c(Cl)cccc1Cl)C(=O)CCCN(c1cccc(C(F)(F)F)c1)S(C)(=O)=O. The Hall–Kier alpha value is -3.28. The number of sulfonamides is 1. The Labute approximate surface area is 266 Å². The zero-order chi connectivity index (χ0) is 32.7. The molecule has 3 aromatic carbocycles. The molecule has 238 valence electrons. The van der Waals surface area contributed by atoms with Crippen LogP contribution in [0.3, 0.4) is 0 Å². The van der Waals surface area contributed by atoms with E-state index >= 15 is 0 Å². The molecule has 0 unspecified atom stereocenters. The van der Waals surface area contributed by atoms with Crippen molar-refractivity contribution in [3.8, 4) is 0 Å². The molecule has 44 heavy (non-hydrogen) atoms. The predicted octanol–water partition coefficient (Wildman–Crippen LogP) is 6.72. The van der Waals surface area contributed by atoms with Crippen molar-refractivity contribution in [2.45, 2.75) is 57.9 Å². The van der Waals surface area contributed by atoms with Gasteiger partial charge in [-0.2, -0.15) is 13.2 Å². The summed E-state index contributed by atoms with van der Waals surface area (Å²) >= 11 is 12.9. The highest BCUT2D eigenvalue weighted by atomic mass is 35.5. The number of benzene rings is 3. The van der Waals surface area contributed by atoms with Crippen LogP contribution >= 0.6 is 23.2 Å². The molecule has 3 rings (SSSR count). The van der Waals surface area contributed by atoms with Crippen molar-refractivity contribution in [3.05, 3.63) is 99.5 Å². The first-order valence-electron chi connectivity index (χ1n) is 13.8. The lowest BCUT2D eigenvalue weighted by atomic mass is 10.0. The van der Waals surface area contributed by atoms with Gasteiger partial charge in [-0.25, -0.2) is 8.42 Å². The number of anilines is 1. The van der Waals surface area contributed by atoms with Crippen molar-refractivity contribution in [1.82, 2.24) is 10.2 Å². The highest BCUT2D eigenvalue weighted by Gasteiger charge is 2.33. The van der Waals surface area contributed by atoms with E-state index in [1.807, 2.05) is 30.3 Å². The number of carbonyl (C=O) groups excluding carboxylic acids is 2. The zero-order valence-electron chi connectivity index (χ0n) is 24.4. The number of nitrogens with one attached hydrogen (secondary N) is 1. The first-order chi connectivity index (χ1) is 20.6. The number of carbonyl (C=O) groups is 2. The fraction of sp³-hybridized carbons (Fsp3) is 0.355. The van der Waals surface area contributed by atoms with Gasteiger partial charge in [-0.3, -0.25) is 13.9 Å². The first kappa shape index (κ1) is 35.2. The lowest BCUT2D eigenvalue weighted by Gasteiger charge is -2.33. The highest BCUT2D eigenvalue weighted by Crippen LogP contribution is 2.32. The molecule has 0 aliphatic heterocycles. The minimum absolute atomic E-state index is 0.0429. The van der Waals surface area contributed by atoms with E-state index in [2.05, 4.69) is 5.32 Å². The van der Waals surface area contributed by atoms with Crippen LogP contribution in [-0.4, -0.2) is 50.0 Å². The summed E-state index contributed by atoms with van der Waals surface area (Å²) in [6.07, 6.45) is -3.87. The van der Waals surface area contributed by atoms with E-state index in [9.17, 15) is 31.2 Å². The minimum atomic E-state index is -4.67. The van der Waals surface area contributed by atoms with E-state index in [1.165, 1.54) is 11.0 Å². The van der Waals surface area contributed by atoms with Gasteiger partial charge in [0.25, 0.3) is 0 Å². The average Bonchev–Trinajstić information content (AvgIpc) is 2.93. The fourth-order valence-electron chi connectivity index (χ4n) is 4.63. The first-order valence-corrected chi connectivity index (χ1v) is 16.4. The van der Waals surface area contributed by atoms with Crippen molar-refractivity contribution in [2.24, 2.45) is 0 Å². The molecule has 13 heteroatoms. The Bertz CT molecular complexity index is 1530. The lowest BCUT2D eigenvalue weighted by Crippen LogP contribution is -2.52. The Balaban J connectivity index is 1.94.